The molecule has 16 heavy (non-hydrogen) atoms. The third-order valence-electron chi connectivity index (χ3n) is 1.90. The first-order valence-corrected chi connectivity index (χ1v) is 5.42. The van der Waals surface area contributed by atoms with E-state index < -0.39 is 5.60 Å². The zero-order valence-corrected chi connectivity index (χ0v) is 10.5. The Morgan fingerprint density at radius 1 is 1.44 bits per heavy atom. The Balaban J connectivity index is 2.78. The number of hydrogen-bond acceptors (Lipinski definition) is 3. The van der Waals surface area contributed by atoms with Gasteiger partial charge < -0.3 is 10.5 Å². The van der Waals surface area contributed by atoms with Gasteiger partial charge in [0, 0.05) is 16.3 Å². The number of benzene rings is 1. The molecular weight excluding hydrogens is 226 g/mol. The van der Waals surface area contributed by atoms with Crippen LogP contribution in [0.3, 0.4) is 0 Å². The van der Waals surface area contributed by atoms with E-state index in [9.17, 15) is 4.79 Å². The molecule has 1 aromatic carbocycles. The fourth-order valence-corrected chi connectivity index (χ4v) is 1.53. The highest BCUT2D eigenvalue weighted by atomic mass is 35.5. The molecule has 1 aromatic rings. The van der Waals surface area contributed by atoms with Crippen LogP contribution >= 0.6 is 11.6 Å². The van der Waals surface area contributed by atoms with Crippen LogP contribution in [0.15, 0.2) is 18.2 Å². The number of nitrogen functional groups attached to an aromatic ring is 1. The molecule has 0 fully saturated rings. The molecule has 4 heteroatoms. The van der Waals surface area contributed by atoms with E-state index in [1.807, 2.05) is 20.8 Å². The number of esters is 1. The lowest BCUT2D eigenvalue weighted by molar-refractivity contribution is -0.153. The minimum absolute atomic E-state index is 0.1000. The smallest absolute Gasteiger partial charge is 0.310 e. The number of rotatable bonds is 2. The lowest BCUT2D eigenvalue weighted by Gasteiger charge is -2.20. The Labute approximate surface area is 101 Å². The molecule has 2 N–H and O–H groups in total. The third-order valence-corrected chi connectivity index (χ3v) is 2.25. The van der Waals surface area contributed by atoms with Crippen molar-refractivity contribution in [2.45, 2.75) is 32.8 Å². The average Bonchev–Trinajstić information content (AvgIpc) is 2.08. The van der Waals surface area contributed by atoms with E-state index in [2.05, 4.69) is 0 Å². The highest BCUT2D eigenvalue weighted by Gasteiger charge is 2.18. The van der Waals surface area contributed by atoms with Crippen LogP contribution in [0.25, 0.3) is 0 Å². The molecule has 0 spiro atoms. The van der Waals surface area contributed by atoms with Gasteiger partial charge in [-0.1, -0.05) is 17.7 Å². The molecule has 0 radical (unpaired) electrons. The number of nitrogens with two attached hydrogens (primary N) is 1. The number of anilines is 1. The van der Waals surface area contributed by atoms with Gasteiger partial charge in [-0.3, -0.25) is 4.79 Å². The standard InChI is InChI=1S/C12H16ClNO2/c1-12(2,3)16-11(15)7-8-9(13)5-4-6-10(8)14/h4-6H,7,14H2,1-3H3. The molecule has 1 rings (SSSR count). The summed E-state index contributed by atoms with van der Waals surface area (Å²) in [6.45, 7) is 5.46. The summed E-state index contributed by atoms with van der Waals surface area (Å²) in [5.41, 5.74) is 6.38. The van der Waals surface area contributed by atoms with Gasteiger partial charge in [0.25, 0.3) is 0 Å². The zero-order valence-electron chi connectivity index (χ0n) is 9.71. The summed E-state index contributed by atoms with van der Waals surface area (Å²) in [4.78, 5) is 11.6. The summed E-state index contributed by atoms with van der Waals surface area (Å²) in [5, 5.41) is 0.492. The van der Waals surface area contributed by atoms with Crippen LogP contribution in [-0.2, 0) is 16.0 Å². The van der Waals surface area contributed by atoms with Crippen LogP contribution in [0.2, 0.25) is 5.02 Å². The second kappa shape index (κ2) is 4.74. The van der Waals surface area contributed by atoms with Crippen molar-refractivity contribution in [2.75, 3.05) is 5.73 Å². The molecule has 3 nitrogen and oxygen atoms in total. The van der Waals surface area contributed by atoms with Crippen molar-refractivity contribution in [1.29, 1.82) is 0 Å². The van der Waals surface area contributed by atoms with Crippen LogP contribution in [0, 0.1) is 0 Å². The van der Waals surface area contributed by atoms with E-state index >= 15 is 0 Å². The Bertz CT molecular complexity index is 376. The Morgan fingerprint density at radius 3 is 2.56 bits per heavy atom. The zero-order chi connectivity index (χ0) is 12.3. The first-order chi connectivity index (χ1) is 7.29. The highest BCUT2D eigenvalue weighted by molar-refractivity contribution is 6.31. The summed E-state index contributed by atoms with van der Waals surface area (Å²) < 4.78 is 5.20. The van der Waals surface area contributed by atoms with Crippen LogP contribution in [-0.4, -0.2) is 11.6 Å². The molecule has 0 bridgehead atoms. The predicted molar refractivity (Wildman–Crippen MR) is 65.4 cm³/mol. The lowest BCUT2D eigenvalue weighted by atomic mass is 10.1. The maximum absolute atomic E-state index is 11.6. The number of carbonyl (C=O) groups excluding carboxylic acids is 1. The van der Waals surface area contributed by atoms with E-state index in [-0.39, 0.29) is 12.4 Å². The van der Waals surface area contributed by atoms with Crippen molar-refractivity contribution in [3.8, 4) is 0 Å². The van der Waals surface area contributed by atoms with Gasteiger partial charge in [-0.15, -0.1) is 0 Å². The molecule has 0 aromatic heterocycles. The molecule has 0 saturated heterocycles. The monoisotopic (exact) mass is 241 g/mol. The normalized spacial score (nSPS) is 11.2. The maximum Gasteiger partial charge on any atom is 0.310 e. The van der Waals surface area contributed by atoms with Crippen molar-refractivity contribution >= 4 is 23.3 Å². The second-order valence-electron chi connectivity index (χ2n) is 4.57. The molecule has 0 aliphatic rings. The second-order valence-corrected chi connectivity index (χ2v) is 4.98. The SMILES string of the molecule is CC(C)(C)OC(=O)Cc1c(N)cccc1Cl. The van der Waals surface area contributed by atoms with E-state index in [4.69, 9.17) is 22.1 Å². The molecule has 88 valence electrons. The third kappa shape index (κ3) is 3.74. The predicted octanol–water partition coefficient (Wildman–Crippen LogP) is 2.81. The molecule has 0 heterocycles. The number of hydrogen-bond donors (Lipinski definition) is 1. The summed E-state index contributed by atoms with van der Waals surface area (Å²) in [7, 11) is 0. The van der Waals surface area contributed by atoms with Crippen molar-refractivity contribution in [1.82, 2.24) is 0 Å². The van der Waals surface area contributed by atoms with Gasteiger partial charge in [-0.05, 0) is 32.9 Å². The van der Waals surface area contributed by atoms with Gasteiger partial charge >= 0.3 is 5.97 Å². The minimum Gasteiger partial charge on any atom is -0.460 e. The van der Waals surface area contributed by atoms with Crippen LogP contribution in [0.1, 0.15) is 26.3 Å². The average molecular weight is 242 g/mol. The summed E-state index contributed by atoms with van der Waals surface area (Å²) in [6, 6.07) is 5.17. The van der Waals surface area contributed by atoms with Crippen molar-refractivity contribution in [2.24, 2.45) is 0 Å². The first-order valence-electron chi connectivity index (χ1n) is 5.04. The van der Waals surface area contributed by atoms with Gasteiger partial charge in [-0.25, -0.2) is 0 Å². The Morgan fingerprint density at radius 2 is 2.06 bits per heavy atom. The Hall–Kier alpha value is -1.22. The number of carbonyl (C=O) groups is 1. The number of ether oxygens (including phenoxy) is 1. The van der Waals surface area contributed by atoms with Crippen molar-refractivity contribution < 1.29 is 9.53 Å². The van der Waals surface area contributed by atoms with Crippen LogP contribution in [0.4, 0.5) is 5.69 Å². The van der Waals surface area contributed by atoms with Crippen LogP contribution < -0.4 is 5.73 Å². The quantitative estimate of drug-likeness (QED) is 0.640. The van der Waals surface area contributed by atoms with Gasteiger partial charge in [0.1, 0.15) is 5.60 Å². The molecule has 0 amide bonds. The molecule has 0 aliphatic carbocycles. The van der Waals surface area contributed by atoms with E-state index in [0.29, 0.717) is 16.3 Å². The fourth-order valence-electron chi connectivity index (χ4n) is 1.28. The fraction of sp³-hybridized carbons (Fsp3) is 0.417. The topological polar surface area (TPSA) is 52.3 Å². The molecular formula is C12H16ClNO2. The first kappa shape index (κ1) is 12.8. The highest BCUT2D eigenvalue weighted by Crippen LogP contribution is 2.23. The van der Waals surface area contributed by atoms with E-state index in [1.54, 1.807) is 18.2 Å². The van der Waals surface area contributed by atoms with Gasteiger partial charge in [0.05, 0.1) is 6.42 Å². The summed E-state index contributed by atoms with van der Waals surface area (Å²) in [5.74, 6) is -0.327. The minimum atomic E-state index is -0.493. The van der Waals surface area contributed by atoms with Gasteiger partial charge in [0.2, 0.25) is 0 Å². The van der Waals surface area contributed by atoms with Gasteiger partial charge in [0.15, 0.2) is 0 Å². The van der Waals surface area contributed by atoms with Crippen molar-refractivity contribution in [3.05, 3.63) is 28.8 Å². The molecule has 0 aliphatic heterocycles. The molecule has 0 atom stereocenters. The van der Waals surface area contributed by atoms with E-state index in [0.717, 1.165) is 0 Å². The van der Waals surface area contributed by atoms with Gasteiger partial charge in [-0.2, -0.15) is 0 Å². The molecule has 0 saturated carbocycles. The van der Waals surface area contributed by atoms with Crippen molar-refractivity contribution in [3.63, 3.8) is 0 Å². The maximum atomic E-state index is 11.6. The van der Waals surface area contributed by atoms with E-state index in [1.165, 1.54) is 0 Å². The lowest BCUT2D eigenvalue weighted by Crippen LogP contribution is -2.25. The molecule has 0 unspecified atom stereocenters. The number of halogens is 1. The summed E-state index contributed by atoms with van der Waals surface area (Å²) >= 11 is 5.96. The summed E-state index contributed by atoms with van der Waals surface area (Å²) in [6.07, 6.45) is 0.1000. The van der Waals surface area contributed by atoms with Crippen LogP contribution in [0.5, 0.6) is 0 Å². The Kier molecular flexibility index (Phi) is 3.81. The largest absolute Gasteiger partial charge is 0.460 e.